The van der Waals surface area contributed by atoms with E-state index in [1.54, 1.807) is 0 Å². The van der Waals surface area contributed by atoms with Crippen molar-refractivity contribution in [2.75, 3.05) is 6.61 Å². The van der Waals surface area contributed by atoms with Crippen LogP contribution >= 0.6 is 0 Å². The van der Waals surface area contributed by atoms with Gasteiger partial charge in [-0.1, -0.05) is 25.1 Å². The van der Waals surface area contributed by atoms with Crippen LogP contribution in [0.4, 0.5) is 0 Å². The molecule has 1 saturated carbocycles. The third-order valence-electron chi connectivity index (χ3n) is 3.54. The Morgan fingerprint density at radius 1 is 1.45 bits per heavy atom. The van der Waals surface area contributed by atoms with Gasteiger partial charge < -0.3 is 4.74 Å². The molecule has 0 radical (unpaired) electrons. The second-order valence-electron chi connectivity index (χ2n) is 5.47. The van der Waals surface area contributed by atoms with E-state index in [0.29, 0.717) is 5.92 Å². The molecule has 0 saturated heterocycles. The molecule has 1 aromatic rings. The van der Waals surface area contributed by atoms with E-state index in [1.807, 2.05) is 31.2 Å². The summed E-state index contributed by atoms with van der Waals surface area (Å²) in [6.45, 7) is 4.17. The molecule has 1 atom stereocenters. The fraction of sp³-hybridized carbons (Fsp3) is 0.500. The molecule has 0 aliphatic heterocycles. The molecule has 1 aromatic carbocycles. The molecule has 1 amide bonds. The van der Waals surface area contributed by atoms with E-state index in [1.165, 1.54) is 6.42 Å². The summed E-state index contributed by atoms with van der Waals surface area (Å²) >= 11 is 0. The lowest BCUT2D eigenvalue weighted by molar-refractivity contribution is -0.123. The zero-order chi connectivity index (χ0) is 14.4. The Balaban J connectivity index is 1.78. The van der Waals surface area contributed by atoms with Crippen LogP contribution in [-0.4, -0.2) is 18.2 Å². The Morgan fingerprint density at radius 3 is 3.00 bits per heavy atom. The SMILES string of the molecule is Cc1ccccc1OCC(=O)N/N=C1\CCCC(C)C1. The number of ether oxygens (including phenoxy) is 1. The second-order valence-corrected chi connectivity index (χ2v) is 5.47. The lowest BCUT2D eigenvalue weighted by Crippen LogP contribution is -2.27. The van der Waals surface area contributed by atoms with Gasteiger partial charge in [0.1, 0.15) is 5.75 Å². The molecule has 0 heterocycles. The predicted octanol–water partition coefficient (Wildman–Crippen LogP) is 3.06. The zero-order valence-corrected chi connectivity index (χ0v) is 12.2. The van der Waals surface area contributed by atoms with E-state index < -0.39 is 0 Å². The third-order valence-corrected chi connectivity index (χ3v) is 3.54. The van der Waals surface area contributed by atoms with E-state index in [2.05, 4.69) is 17.5 Å². The zero-order valence-electron chi connectivity index (χ0n) is 12.2. The lowest BCUT2D eigenvalue weighted by Gasteiger charge is -2.18. The van der Waals surface area contributed by atoms with Crippen LogP contribution in [0.25, 0.3) is 0 Å². The molecule has 1 N–H and O–H groups in total. The summed E-state index contributed by atoms with van der Waals surface area (Å²) in [6, 6.07) is 7.65. The van der Waals surface area contributed by atoms with Crippen molar-refractivity contribution < 1.29 is 9.53 Å². The number of rotatable bonds is 4. The first-order valence-corrected chi connectivity index (χ1v) is 7.18. The quantitative estimate of drug-likeness (QED) is 0.858. The molecule has 4 nitrogen and oxygen atoms in total. The van der Waals surface area contributed by atoms with Crippen LogP contribution in [0.2, 0.25) is 0 Å². The first kappa shape index (κ1) is 14.6. The maximum atomic E-state index is 11.7. The molecule has 0 spiro atoms. The van der Waals surface area contributed by atoms with Crippen molar-refractivity contribution in [2.24, 2.45) is 11.0 Å². The number of hydrogen-bond donors (Lipinski definition) is 1. The predicted molar refractivity (Wildman–Crippen MR) is 79.9 cm³/mol. The fourth-order valence-electron chi connectivity index (χ4n) is 2.40. The second kappa shape index (κ2) is 7.08. The number of carbonyl (C=O) groups is 1. The molecule has 1 aliphatic carbocycles. The number of hydrazone groups is 1. The Kier molecular flexibility index (Phi) is 5.16. The van der Waals surface area contributed by atoms with Gasteiger partial charge in [-0.25, -0.2) is 5.43 Å². The number of nitrogens with zero attached hydrogens (tertiary/aromatic N) is 1. The summed E-state index contributed by atoms with van der Waals surface area (Å²) in [5.41, 5.74) is 4.70. The Morgan fingerprint density at radius 2 is 2.25 bits per heavy atom. The van der Waals surface area contributed by atoms with Crippen LogP contribution in [0.15, 0.2) is 29.4 Å². The largest absolute Gasteiger partial charge is 0.483 e. The van der Waals surface area contributed by atoms with Crippen LogP contribution in [-0.2, 0) is 4.79 Å². The van der Waals surface area contributed by atoms with Crippen LogP contribution in [0, 0.1) is 12.8 Å². The topological polar surface area (TPSA) is 50.7 Å². The Bertz CT molecular complexity index is 497. The molecule has 1 unspecified atom stereocenters. The van der Waals surface area contributed by atoms with Crippen molar-refractivity contribution in [3.63, 3.8) is 0 Å². The summed E-state index contributed by atoms with van der Waals surface area (Å²) in [7, 11) is 0. The number of nitrogens with one attached hydrogen (secondary N) is 1. The monoisotopic (exact) mass is 274 g/mol. The van der Waals surface area contributed by atoms with Crippen molar-refractivity contribution >= 4 is 11.6 Å². The van der Waals surface area contributed by atoms with Crippen LogP contribution in [0.3, 0.4) is 0 Å². The highest BCUT2D eigenvalue weighted by molar-refractivity contribution is 5.87. The molecule has 1 fully saturated rings. The summed E-state index contributed by atoms with van der Waals surface area (Å²) in [4.78, 5) is 11.7. The van der Waals surface area contributed by atoms with Gasteiger partial charge in [0.25, 0.3) is 5.91 Å². The molecule has 1 aliphatic rings. The fourth-order valence-corrected chi connectivity index (χ4v) is 2.40. The minimum atomic E-state index is -0.209. The highest BCUT2D eigenvalue weighted by atomic mass is 16.5. The minimum Gasteiger partial charge on any atom is -0.483 e. The van der Waals surface area contributed by atoms with Gasteiger partial charge in [-0.15, -0.1) is 0 Å². The van der Waals surface area contributed by atoms with E-state index in [0.717, 1.165) is 36.3 Å². The summed E-state index contributed by atoms with van der Waals surface area (Å²) in [6.07, 6.45) is 4.39. The first-order valence-electron chi connectivity index (χ1n) is 7.18. The molecular weight excluding hydrogens is 252 g/mol. The van der Waals surface area contributed by atoms with E-state index >= 15 is 0 Å². The smallest absolute Gasteiger partial charge is 0.277 e. The molecular formula is C16H22N2O2. The average Bonchev–Trinajstić information content (AvgIpc) is 2.44. The molecule has 0 bridgehead atoms. The van der Waals surface area contributed by atoms with Gasteiger partial charge in [0.2, 0.25) is 0 Å². The molecule has 108 valence electrons. The average molecular weight is 274 g/mol. The number of hydrogen-bond acceptors (Lipinski definition) is 3. The van der Waals surface area contributed by atoms with E-state index in [9.17, 15) is 4.79 Å². The van der Waals surface area contributed by atoms with Crippen LogP contribution < -0.4 is 10.2 Å². The van der Waals surface area contributed by atoms with Gasteiger partial charge in [0, 0.05) is 5.71 Å². The Labute approximate surface area is 120 Å². The number of para-hydroxylation sites is 1. The number of aryl methyl sites for hydroxylation is 1. The van der Waals surface area contributed by atoms with Crippen molar-refractivity contribution in [3.05, 3.63) is 29.8 Å². The van der Waals surface area contributed by atoms with Crippen molar-refractivity contribution in [1.29, 1.82) is 0 Å². The van der Waals surface area contributed by atoms with Crippen molar-refractivity contribution in [1.82, 2.24) is 5.43 Å². The third kappa shape index (κ3) is 4.37. The normalized spacial score (nSPS) is 20.7. The summed E-state index contributed by atoms with van der Waals surface area (Å²) in [5, 5.41) is 4.21. The highest BCUT2D eigenvalue weighted by Crippen LogP contribution is 2.21. The number of benzene rings is 1. The van der Waals surface area contributed by atoms with Gasteiger partial charge in [-0.05, 0) is 50.2 Å². The lowest BCUT2D eigenvalue weighted by atomic mass is 9.89. The van der Waals surface area contributed by atoms with E-state index in [4.69, 9.17) is 4.74 Å². The first-order chi connectivity index (χ1) is 9.65. The minimum absolute atomic E-state index is 0.00279. The maximum absolute atomic E-state index is 11.7. The van der Waals surface area contributed by atoms with Gasteiger partial charge in [-0.2, -0.15) is 5.10 Å². The van der Waals surface area contributed by atoms with Crippen LogP contribution in [0.5, 0.6) is 5.75 Å². The van der Waals surface area contributed by atoms with Gasteiger partial charge in [-0.3, -0.25) is 4.79 Å². The van der Waals surface area contributed by atoms with Gasteiger partial charge in [0.05, 0.1) is 0 Å². The molecule has 4 heteroatoms. The Hall–Kier alpha value is -1.84. The molecule has 2 rings (SSSR count). The van der Waals surface area contributed by atoms with E-state index in [-0.39, 0.29) is 12.5 Å². The highest BCUT2D eigenvalue weighted by Gasteiger charge is 2.14. The molecule has 20 heavy (non-hydrogen) atoms. The standard InChI is InChI=1S/C16H22N2O2/c1-12-6-5-8-14(10-12)17-18-16(19)11-20-15-9-4-3-7-13(15)2/h3-4,7,9,12H,5-6,8,10-11H2,1-2H3,(H,18,19)/b17-14+. The summed E-state index contributed by atoms with van der Waals surface area (Å²) < 4.78 is 5.48. The molecule has 0 aromatic heterocycles. The van der Waals surface area contributed by atoms with Gasteiger partial charge >= 0.3 is 0 Å². The van der Waals surface area contributed by atoms with Crippen molar-refractivity contribution in [3.8, 4) is 5.75 Å². The number of amides is 1. The van der Waals surface area contributed by atoms with Crippen molar-refractivity contribution in [2.45, 2.75) is 39.5 Å². The van der Waals surface area contributed by atoms with Gasteiger partial charge in [0.15, 0.2) is 6.61 Å². The maximum Gasteiger partial charge on any atom is 0.277 e. The van der Waals surface area contributed by atoms with Crippen LogP contribution in [0.1, 0.15) is 38.2 Å². The summed E-state index contributed by atoms with van der Waals surface area (Å²) in [5.74, 6) is 1.20. The number of carbonyl (C=O) groups excluding carboxylic acids is 1.